The molecule has 4 heteroatoms. The molecule has 0 fully saturated rings. The van der Waals surface area contributed by atoms with E-state index in [1.807, 2.05) is 38.1 Å². The first-order valence-corrected chi connectivity index (χ1v) is 6.83. The number of amides is 1. The van der Waals surface area contributed by atoms with Crippen LogP contribution >= 0.6 is 0 Å². The van der Waals surface area contributed by atoms with Gasteiger partial charge in [-0.05, 0) is 44.0 Å². The fraction of sp³-hybridized carbons (Fsp3) is 0.438. The van der Waals surface area contributed by atoms with Crippen molar-refractivity contribution in [1.29, 1.82) is 0 Å². The minimum atomic E-state index is -0.101. The van der Waals surface area contributed by atoms with E-state index in [1.54, 1.807) is 13.2 Å². The van der Waals surface area contributed by atoms with E-state index in [4.69, 9.17) is 9.47 Å². The Balaban J connectivity index is 2.46. The van der Waals surface area contributed by atoms with Crippen molar-refractivity contribution < 1.29 is 14.3 Å². The minimum absolute atomic E-state index is 0.101. The molecule has 1 amide bonds. The highest BCUT2D eigenvalue weighted by Gasteiger charge is 1.98. The Morgan fingerprint density at radius 1 is 1.40 bits per heavy atom. The van der Waals surface area contributed by atoms with Crippen LogP contribution in [0.1, 0.15) is 25.8 Å². The van der Waals surface area contributed by atoms with Crippen LogP contribution in [-0.2, 0) is 9.53 Å². The summed E-state index contributed by atoms with van der Waals surface area (Å²) in [6.45, 7) is 5.23. The molecule has 0 spiro atoms. The summed E-state index contributed by atoms with van der Waals surface area (Å²) < 4.78 is 10.5. The summed E-state index contributed by atoms with van der Waals surface area (Å²) in [6.07, 6.45) is 4.26. The summed E-state index contributed by atoms with van der Waals surface area (Å²) in [5.41, 5.74) is 0.940. The van der Waals surface area contributed by atoms with Crippen molar-refractivity contribution in [2.24, 2.45) is 0 Å². The highest BCUT2D eigenvalue weighted by molar-refractivity contribution is 5.91. The lowest BCUT2D eigenvalue weighted by Crippen LogP contribution is -2.22. The first kappa shape index (κ1) is 16.2. The Bertz CT molecular complexity index is 441. The Morgan fingerprint density at radius 3 is 2.90 bits per heavy atom. The lowest BCUT2D eigenvalue weighted by molar-refractivity contribution is -0.116. The van der Waals surface area contributed by atoms with Crippen LogP contribution in [0.15, 0.2) is 30.3 Å². The van der Waals surface area contributed by atoms with Crippen molar-refractivity contribution in [1.82, 2.24) is 5.32 Å². The molecule has 0 unspecified atom stereocenters. The van der Waals surface area contributed by atoms with Crippen molar-refractivity contribution >= 4 is 12.0 Å². The fourth-order valence-corrected chi connectivity index (χ4v) is 1.62. The van der Waals surface area contributed by atoms with Gasteiger partial charge >= 0.3 is 0 Å². The molecule has 1 aromatic rings. The number of methoxy groups -OCH3 is 1. The van der Waals surface area contributed by atoms with E-state index in [1.165, 1.54) is 6.08 Å². The average molecular weight is 277 g/mol. The van der Waals surface area contributed by atoms with Crippen molar-refractivity contribution in [3.05, 3.63) is 35.9 Å². The normalized spacial score (nSPS) is 11.0. The van der Waals surface area contributed by atoms with E-state index in [2.05, 4.69) is 5.32 Å². The third kappa shape index (κ3) is 6.95. The molecule has 0 atom stereocenters. The molecular formula is C16H23NO3. The lowest BCUT2D eigenvalue weighted by Gasteiger charge is -2.09. The monoisotopic (exact) mass is 277 g/mol. The molecule has 1 rings (SSSR count). The Morgan fingerprint density at radius 2 is 2.20 bits per heavy atom. The van der Waals surface area contributed by atoms with Crippen LogP contribution in [0, 0.1) is 0 Å². The van der Waals surface area contributed by atoms with Gasteiger partial charge in [-0.2, -0.15) is 0 Å². The van der Waals surface area contributed by atoms with Crippen molar-refractivity contribution in [2.45, 2.75) is 26.4 Å². The summed E-state index contributed by atoms with van der Waals surface area (Å²) in [4.78, 5) is 11.6. The molecule has 0 saturated carbocycles. The van der Waals surface area contributed by atoms with Gasteiger partial charge in [-0.1, -0.05) is 12.1 Å². The molecule has 0 aromatic heterocycles. The van der Waals surface area contributed by atoms with Gasteiger partial charge in [0, 0.05) is 26.3 Å². The zero-order chi connectivity index (χ0) is 14.8. The highest BCUT2D eigenvalue weighted by atomic mass is 16.5. The van der Waals surface area contributed by atoms with Crippen LogP contribution in [0.4, 0.5) is 0 Å². The molecule has 20 heavy (non-hydrogen) atoms. The van der Waals surface area contributed by atoms with Gasteiger partial charge in [0.1, 0.15) is 5.75 Å². The number of hydrogen-bond donors (Lipinski definition) is 1. The molecule has 0 aliphatic heterocycles. The van der Waals surface area contributed by atoms with E-state index in [-0.39, 0.29) is 12.0 Å². The number of benzene rings is 1. The molecule has 1 aromatic carbocycles. The van der Waals surface area contributed by atoms with Crippen molar-refractivity contribution in [2.75, 3.05) is 20.3 Å². The number of rotatable bonds is 8. The van der Waals surface area contributed by atoms with Gasteiger partial charge in [0.25, 0.3) is 0 Å². The van der Waals surface area contributed by atoms with E-state index in [0.29, 0.717) is 13.2 Å². The highest BCUT2D eigenvalue weighted by Crippen LogP contribution is 2.15. The maximum Gasteiger partial charge on any atom is 0.244 e. The second-order valence-electron chi connectivity index (χ2n) is 4.71. The first-order valence-electron chi connectivity index (χ1n) is 6.83. The maximum absolute atomic E-state index is 11.6. The predicted octanol–water partition coefficient (Wildman–Crippen LogP) is 2.64. The van der Waals surface area contributed by atoms with Crippen LogP contribution in [0.3, 0.4) is 0 Å². The van der Waals surface area contributed by atoms with E-state index in [0.717, 1.165) is 17.7 Å². The smallest absolute Gasteiger partial charge is 0.244 e. The summed E-state index contributed by atoms with van der Waals surface area (Å²) in [5, 5.41) is 2.80. The zero-order valence-electron chi connectivity index (χ0n) is 12.4. The van der Waals surface area contributed by atoms with Gasteiger partial charge in [0.05, 0.1) is 6.10 Å². The minimum Gasteiger partial charge on any atom is -0.491 e. The van der Waals surface area contributed by atoms with Crippen molar-refractivity contribution in [3.8, 4) is 5.75 Å². The number of carbonyl (C=O) groups is 1. The summed E-state index contributed by atoms with van der Waals surface area (Å²) in [7, 11) is 1.65. The van der Waals surface area contributed by atoms with E-state index >= 15 is 0 Å². The summed E-state index contributed by atoms with van der Waals surface area (Å²) in [6, 6.07) is 7.66. The maximum atomic E-state index is 11.6. The lowest BCUT2D eigenvalue weighted by atomic mass is 10.2. The van der Waals surface area contributed by atoms with Crippen LogP contribution in [0.5, 0.6) is 5.75 Å². The van der Waals surface area contributed by atoms with Gasteiger partial charge in [-0.25, -0.2) is 0 Å². The molecule has 0 aliphatic rings. The van der Waals surface area contributed by atoms with Crippen molar-refractivity contribution in [3.63, 3.8) is 0 Å². The van der Waals surface area contributed by atoms with Gasteiger partial charge in [-0.3, -0.25) is 4.79 Å². The van der Waals surface area contributed by atoms with Gasteiger partial charge in [-0.15, -0.1) is 0 Å². The quantitative estimate of drug-likeness (QED) is 0.587. The number of hydrogen-bond acceptors (Lipinski definition) is 3. The fourth-order valence-electron chi connectivity index (χ4n) is 1.62. The Hall–Kier alpha value is -1.81. The number of nitrogens with one attached hydrogen (secondary N) is 1. The van der Waals surface area contributed by atoms with Gasteiger partial charge in [0.15, 0.2) is 0 Å². The first-order chi connectivity index (χ1) is 9.61. The average Bonchev–Trinajstić information content (AvgIpc) is 2.41. The molecule has 4 nitrogen and oxygen atoms in total. The molecule has 0 saturated heterocycles. The largest absolute Gasteiger partial charge is 0.491 e. The van der Waals surface area contributed by atoms with Crippen LogP contribution in [-0.4, -0.2) is 32.3 Å². The number of carbonyl (C=O) groups excluding carboxylic acids is 1. The second kappa shape index (κ2) is 9.15. The van der Waals surface area contributed by atoms with Crippen LogP contribution in [0.25, 0.3) is 6.08 Å². The third-order valence-electron chi connectivity index (χ3n) is 2.48. The van der Waals surface area contributed by atoms with Gasteiger partial charge < -0.3 is 14.8 Å². The molecular weight excluding hydrogens is 254 g/mol. The molecule has 110 valence electrons. The Kier molecular flexibility index (Phi) is 7.43. The summed E-state index contributed by atoms with van der Waals surface area (Å²) >= 11 is 0. The summed E-state index contributed by atoms with van der Waals surface area (Å²) in [5.74, 6) is 0.707. The standard InChI is InChI=1S/C16H23NO3/c1-13(2)20-15-7-4-6-14(12-15)8-9-16(18)17-10-5-11-19-3/h4,6-9,12-13H,5,10-11H2,1-3H3,(H,17,18)/b9-8+. The van der Waals surface area contributed by atoms with Gasteiger partial charge in [0.2, 0.25) is 5.91 Å². The second-order valence-corrected chi connectivity index (χ2v) is 4.71. The van der Waals surface area contributed by atoms with E-state index in [9.17, 15) is 4.79 Å². The Labute approximate surface area is 120 Å². The SMILES string of the molecule is COCCCNC(=O)/C=C/c1cccc(OC(C)C)c1. The molecule has 0 bridgehead atoms. The predicted molar refractivity (Wildman–Crippen MR) is 80.7 cm³/mol. The van der Waals surface area contributed by atoms with E-state index < -0.39 is 0 Å². The molecule has 0 radical (unpaired) electrons. The van der Waals surface area contributed by atoms with Crippen LogP contribution < -0.4 is 10.1 Å². The molecule has 0 aliphatic carbocycles. The molecule has 0 heterocycles. The topological polar surface area (TPSA) is 47.6 Å². The third-order valence-corrected chi connectivity index (χ3v) is 2.48. The number of ether oxygens (including phenoxy) is 2. The zero-order valence-corrected chi connectivity index (χ0v) is 12.4. The molecule has 1 N–H and O–H groups in total. The van der Waals surface area contributed by atoms with Crippen LogP contribution in [0.2, 0.25) is 0 Å².